The quantitative estimate of drug-likeness (QED) is 0.314. The zero-order chi connectivity index (χ0) is 22.9. The largest absolute Gasteiger partial charge is 0.493 e. The van der Waals surface area contributed by atoms with Crippen molar-refractivity contribution in [2.45, 2.75) is 18.4 Å². The molecule has 168 valence electrons. The Balaban J connectivity index is 1.42. The van der Waals surface area contributed by atoms with Gasteiger partial charge in [-0.2, -0.15) is 5.10 Å². The van der Waals surface area contributed by atoms with E-state index in [-0.39, 0.29) is 5.91 Å². The van der Waals surface area contributed by atoms with Gasteiger partial charge in [-0.05, 0) is 48.7 Å². The third-order valence-corrected chi connectivity index (χ3v) is 6.77. The van der Waals surface area contributed by atoms with Crippen LogP contribution in [0.4, 0.5) is 5.69 Å². The smallest absolute Gasteiger partial charge is 0.237 e. The van der Waals surface area contributed by atoms with Gasteiger partial charge in [-0.15, -0.1) is 0 Å². The highest BCUT2D eigenvalue weighted by Crippen LogP contribution is 2.35. The predicted octanol–water partition coefficient (Wildman–Crippen LogP) is 4.40. The van der Waals surface area contributed by atoms with Crippen molar-refractivity contribution in [1.82, 2.24) is 14.6 Å². The first-order valence-corrected chi connectivity index (χ1v) is 11.7. The van der Waals surface area contributed by atoms with Gasteiger partial charge in [0, 0.05) is 23.5 Å². The maximum atomic E-state index is 13.0. The molecule has 0 spiro atoms. The molecule has 3 heterocycles. The molecule has 0 bridgehead atoms. The SMILES string of the molecule is COc1ccc(-c2cnn3c(SCC(=O)N4CCc5ccccc54)cc(C)nc23)cc1OC. The Hall–Kier alpha value is -3.52. The molecule has 0 unspecified atom stereocenters. The van der Waals surface area contributed by atoms with E-state index >= 15 is 0 Å². The van der Waals surface area contributed by atoms with Crippen LogP contribution >= 0.6 is 11.8 Å². The minimum atomic E-state index is 0.0971. The van der Waals surface area contributed by atoms with Crippen molar-refractivity contribution in [3.63, 3.8) is 0 Å². The number of para-hydroxylation sites is 1. The average Bonchev–Trinajstić information content (AvgIpc) is 3.46. The van der Waals surface area contributed by atoms with Gasteiger partial charge in [-0.25, -0.2) is 9.50 Å². The Labute approximate surface area is 196 Å². The average molecular weight is 461 g/mol. The number of carbonyl (C=O) groups excluding carboxylic acids is 1. The van der Waals surface area contributed by atoms with Crippen molar-refractivity contribution in [2.75, 3.05) is 31.4 Å². The van der Waals surface area contributed by atoms with Gasteiger partial charge in [-0.3, -0.25) is 4.79 Å². The molecule has 0 atom stereocenters. The summed E-state index contributed by atoms with van der Waals surface area (Å²) in [7, 11) is 3.23. The van der Waals surface area contributed by atoms with E-state index in [9.17, 15) is 4.79 Å². The molecular formula is C25H24N4O3S. The number of aromatic nitrogens is 3. The molecule has 1 amide bonds. The van der Waals surface area contributed by atoms with Gasteiger partial charge in [0.2, 0.25) is 5.91 Å². The van der Waals surface area contributed by atoms with Crippen molar-refractivity contribution in [3.8, 4) is 22.6 Å². The molecule has 1 aliphatic heterocycles. The highest BCUT2D eigenvalue weighted by atomic mass is 32.2. The van der Waals surface area contributed by atoms with Gasteiger partial charge < -0.3 is 14.4 Å². The van der Waals surface area contributed by atoms with Crippen LogP contribution in [-0.4, -0.2) is 47.0 Å². The summed E-state index contributed by atoms with van der Waals surface area (Å²) < 4.78 is 12.6. The molecule has 0 saturated carbocycles. The lowest BCUT2D eigenvalue weighted by atomic mass is 10.1. The maximum Gasteiger partial charge on any atom is 0.237 e. The number of ether oxygens (including phenoxy) is 2. The first-order chi connectivity index (χ1) is 16.1. The molecule has 0 radical (unpaired) electrons. The lowest BCUT2D eigenvalue weighted by molar-refractivity contribution is -0.116. The van der Waals surface area contributed by atoms with Crippen LogP contribution in [-0.2, 0) is 11.2 Å². The number of anilines is 1. The molecule has 4 aromatic rings. The first kappa shape index (κ1) is 21.3. The van der Waals surface area contributed by atoms with Crippen molar-refractivity contribution in [1.29, 1.82) is 0 Å². The fraction of sp³-hybridized carbons (Fsp3) is 0.240. The standard InChI is InChI=1S/C25H24N4O3S/c1-16-12-24(33-15-23(30)28-11-10-17-6-4-5-7-20(17)28)29-25(27-16)19(14-26-29)18-8-9-21(31-2)22(13-18)32-3/h4-9,12-14H,10-11,15H2,1-3H3. The second-order valence-electron chi connectivity index (χ2n) is 7.81. The molecule has 5 rings (SSSR count). The Morgan fingerprint density at radius 2 is 1.91 bits per heavy atom. The number of nitrogens with zero attached hydrogens (tertiary/aromatic N) is 4. The number of aryl methyl sites for hydroxylation is 1. The Kier molecular flexibility index (Phi) is 5.68. The summed E-state index contributed by atoms with van der Waals surface area (Å²) >= 11 is 1.48. The van der Waals surface area contributed by atoms with E-state index in [4.69, 9.17) is 14.5 Å². The van der Waals surface area contributed by atoms with Crippen LogP contribution in [0.15, 0.2) is 59.8 Å². The maximum absolute atomic E-state index is 13.0. The number of thioether (sulfide) groups is 1. The highest BCUT2D eigenvalue weighted by Gasteiger charge is 2.24. The summed E-state index contributed by atoms with van der Waals surface area (Å²) in [6.07, 6.45) is 2.70. The molecule has 0 fully saturated rings. The van der Waals surface area contributed by atoms with Gasteiger partial charge in [0.25, 0.3) is 0 Å². The zero-order valence-corrected chi connectivity index (χ0v) is 19.6. The van der Waals surface area contributed by atoms with Gasteiger partial charge in [0.05, 0.1) is 26.2 Å². The monoisotopic (exact) mass is 460 g/mol. The summed E-state index contributed by atoms with van der Waals surface area (Å²) in [5.74, 6) is 1.74. The van der Waals surface area contributed by atoms with Gasteiger partial charge in [0.1, 0.15) is 5.03 Å². The van der Waals surface area contributed by atoms with Crippen LogP contribution in [0.2, 0.25) is 0 Å². The van der Waals surface area contributed by atoms with Crippen LogP contribution < -0.4 is 14.4 Å². The fourth-order valence-electron chi connectivity index (χ4n) is 4.17. The van der Waals surface area contributed by atoms with E-state index in [1.54, 1.807) is 24.9 Å². The van der Waals surface area contributed by atoms with E-state index in [1.807, 2.05) is 54.3 Å². The van der Waals surface area contributed by atoms with E-state index in [1.165, 1.54) is 17.3 Å². The van der Waals surface area contributed by atoms with Crippen LogP contribution in [0.1, 0.15) is 11.3 Å². The molecule has 33 heavy (non-hydrogen) atoms. The number of fused-ring (bicyclic) bond motifs is 2. The van der Waals surface area contributed by atoms with Gasteiger partial charge in [0.15, 0.2) is 17.1 Å². The Bertz CT molecular complexity index is 1350. The van der Waals surface area contributed by atoms with E-state index in [0.717, 1.165) is 46.1 Å². The minimum Gasteiger partial charge on any atom is -0.493 e. The summed E-state index contributed by atoms with van der Waals surface area (Å²) in [6.45, 7) is 2.68. The molecule has 7 nitrogen and oxygen atoms in total. The molecule has 0 N–H and O–H groups in total. The third kappa shape index (κ3) is 3.91. The molecule has 0 saturated heterocycles. The normalized spacial score (nSPS) is 12.8. The van der Waals surface area contributed by atoms with Crippen LogP contribution in [0.5, 0.6) is 11.5 Å². The topological polar surface area (TPSA) is 69.0 Å². The van der Waals surface area contributed by atoms with Gasteiger partial charge >= 0.3 is 0 Å². The van der Waals surface area contributed by atoms with E-state index in [0.29, 0.717) is 17.3 Å². The second-order valence-corrected chi connectivity index (χ2v) is 8.81. The Morgan fingerprint density at radius 3 is 2.73 bits per heavy atom. The number of amides is 1. The summed E-state index contributed by atoms with van der Waals surface area (Å²) in [6, 6.07) is 15.8. The van der Waals surface area contributed by atoms with Crippen LogP contribution in [0, 0.1) is 6.92 Å². The lowest BCUT2D eigenvalue weighted by Crippen LogP contribution is -2.30. The second kappa shape index (κ2) is 8.78. The van der Waals surface area contributed by atoms with E-state index in [2.05, 4.69) is 11.2 Å². The summed E-state index contributed by atoms with van der Waals surface area (Å²) in [5, 5.41) is 5.46. The molecule has 0 aliphatic carbocycles. The van der Waals surface area contributed by atoms with Gasteiger partial charge in [-0.1, -0.05) is 36.0 Å². The predicted molar refractivity (Wildman–Crippen MR) is 129 cm³/mol. The number of methoxy groups -OCH3 is 2. The highest BCUT2D eigenvalue weighted by molar-refractivity contribution is 7.99. The number of benzene rings is 2. The van der Waals surface area contributed by atoms with Crippen molar-refractivity contribution >= 4 is 29.0 Å². The molecule has 1 aliphatic rings. The summed E-state index contributed by atoms with van der Waals surface area (Å²) in [4.78, 5) is 19.6. The van der Waals surface area contributed by atoms with Crippen molar-refractivity contribution in [2.24, 2.45) is 0 Å². The molecule has 2 aromatic heterocycles. The van der Waals surface area contributed by atoms with E-state index < -0.39 is 0 Å². The number of rotatable bonds is 6. The van der Waals surface area contributed by atoms with Crippen molar-refractivity contribution in [3.05, 3.63) is 66.0 Å². The van der Waals surface area contributed by atoms with Crippen LogP contribution in [0.3, 0.4) is 0 Å². The molecular weight excluding hydrogens is 436 g/mol. The molecule has 2 aromatic carbocycles. The number of hydrogen-bond donors (Lipinski definition) is 0. The minimum absolute atomic E-state index is 0.0971. The Morgan fingerprint density at radius 1 is 1.09 bits per heavy atom. The first-order valence-electron chi connectivity index (χ1n) is 10.7. The lowest BCUT2D eigenvalue weighted by Gasteiger charge is -2.17. The number of hydrogen-bond acceptors (Lipinski definition) is 6. The fourth-order valence-corrected chi connectivity index (χ4v) is 5.11. The third-order valence-electron chi connectivity index (χ3n) is 5.79. The zero-order valence-electron chi connectivity index (χ0n) is 18.7. The molecule has 8 heteroatoms. The van der Waals surface area contributed by atoms with Crippen LogP contribution in [0.25, 0.3) is 16.8 Å². The summed E-state index contributed by atoms with van der Waals surface area (Å²) in [5.41, 5.74) is 5.68. The number of carbonyl (C=O) groups is 1. The van der Waals surface area contributed by atoms with Crippen molar-refractivity contribution < 1.29 is 14.3 Å².